The molecule has 0 amide bonds. The van der Waals surface area contributed by atoms with Crippen molar-refractivity contribution in [3.8, 4) is 5.75 Å². The average molecular weight is 279 g/mol. The number of benzene rings is 1. The lowest BCUT2D eigenvalue weighted by molar-refractivity contribution is 0.127. The molecule has 0 bridgehead atoms. The van der Waals surface area contributed by atoms with E-state index >= 15 is 0 Å². The standard InChI is InChI=1S/C16H25NO3/c1-13(18)15-7-8-17(12-15)11-14-3-5-16(6-4-14)20-10-9-19-2/h3-6,13,15,18H,7-12H2,1-2H3. The smallest absolute Gasteiger partial charge is 0.119 e. The molecule has 4 heteroatoms. The quantitative estimate of drug-likeness (QED) is 0.774. The van der Waals surface area contributed by atoms with Crippen molar-refractivity contribution in [3.05, 3.63) is 29.8 Å². The summed E-state index contributed by atoms with van der Waals surface area (Å²) in [6.07, 6.45) is 0.896. The summed E-state index contributed by atoms with van der Waals surface area (Å²) in [6.45, 7) is 6.08. The summed E-state index contributed by atoms with van der Waals surface area (Å²) in [5, 5.41) is 9.62. The Morgan fingerprint density at radius 2 is 2.05 bits per heavy atom. The Morgan fingerprint density at radius 1 is 1.30 bits per heavy atom. The molecule has 0 spiro atoms. The van der Waals surface area contributed by atoms with Crippen molar-refractivity contribution in [2.45, 2.75) is 26.0 Å². The van der Waals surface area contributed by atoms with Gasteiger partial charge in [-0.3, -0.25) is 4.90 Å². The van der Waals surface area contributed by atoms with Gasteiger partial charge in [-0.1, -0.05) is 12.1 Å². The van der Waals surface area contributed by atoms with E-state index in [4.69, 9.17) is 9.47 Å². The molecule has 1 N–H and O–H groups in total. The second-order valence-corrected chi connectivity index (χ2v) is 5.51. The van der Waals surface area contributed by atoms with E-state index in [0.717, 1.165) is 31.8 Å². The molecule has 2 unspecified atom stereocenters. The number of aliphatic hydroxyl groups excluding tert-OH is 1. The molecular weight excluding hydrogens is 254 g/mol. The van der Waals surface area contributed by atoms with Crippen molar-refractivity contribution in [2.24, 2.45) is 5.92 Å². The van der Waals surface area contributed by atoms with Gasteiger partial charge in [0.05, 0.1) is 12.7 Å². The summed E-state index contributed by atoms with van der Waals surface area (Å²) in [5.41, 5.74) is 1.29. The van der Waals surface area contributed by atoms with Crippen molar-refractivity contribution < 1.29 is 14.6 Å². The number of nitrogens with zero attached hydrogens (tertiary/aromatic N) is 1. The summed E-state index contributed by atoms with van der Waals surface area (Å²) in [5.74, 6) is 1.31. The van der Waals surface area contributed by atoms with Crippen LogP contribution in [0.4, 0.5) is 0 Å². The van der Waals surface area contributed by atoms with Gasteiger partial charge in [0, 0.05) is 20.2 Å². The maximum atomic E-state index is 9.62. The van der Waals surface area contributed by atoms with E-state index in [1.165, 1.54) is 5.56 Å². The molecule has 0 saturated carbocycles. The van der Waals surface area contributed by atoms with Crippen LogP contribution in [0.15, 0.2) is 24.3 Å². The lowest BCUT2D eigenvalue weighted by atomic mass is 10.0. The highest BCUT2D eigenvalue weighted by Gasteiger charge is 2.25. The van der Waals surface area contributed by atoms with Crippen LogP contribution < -0.4 is 4.74 Å². The van der Waals surface area contributed by atoms with Crippen LogP contribution in [-0.4, -0.2) is 49.5 Å². The summed E-state index contributed by atoms with van der Waals surface area (Å²) in [6, 6.07) is 8.23. The van der Waals surface area contributed by atoms with Crippen molar-refractivity contribution in [1.82, 2.24) is 4.90 Å². The number of rotatable bonds is 7. The SMILES string of the molecule is COCCOc1ccc(CN2CCC(C(C)O)C2)cc1. The predicted octanol–water partition coefficient (Wildman–Crippen LogP) is 1.91. The van der Waals surface area contributed by atoms with E-state index in [-0.39, 0.29) is 6.10 Å². The molecule has 0 radical (unpaired) electrons. The van der Waals surface area contributed by atoms with Crippen LogP contribution in [0.25, 0.3) is 0 Å². The Hall–Kier alpha value is -1.10. The topological polar surface area (TPSA) is 41.9 Å². The third kappa shape index (κ3) is 4.47. The number of hydrogen-bond donors (Lipinski definition) is 1. The molecule has 4 nitrogen and oxygen atoms in total. The van der Waals surface area contributed by atoms with E-state index in [0.29, 0.717) is 19.1 Å². The number of hydrogen-bond acceptors (Lipinski definition) is 4. The molecule has 1 fully saturated rings. The lowest BCUT2D eigenvalue weighted by Gasteiger charge is -2.17. The van der Waals surface area contributed by atoms with Crippen molar-refractivity contribution >= 4 is 0 Å². The molecule has 1 saturated heterocycles. The molecular formula is C16H25NO3. The molecule has 0 aliphatic carbocycles. The molecule has 1 aliphatic heterocycles. The first-order valence-electron chi connectivity index (χ1n) is 7.30. The van der Waals surface area contributed by atoms with Gasteiger partial charge in [-0.15, -0.1) is 0 Å². The zero-order valence-corrected chi connectivity index (χ0v) is 12.4. The zero-order chi connectivity index (χ0) is 14.4. The predicted molar refractivity (Wildman–Crippen MR) is 78.9 cm³/mol. The largest absolute Gasteiger partial charge is 0.491 e. The van der Waals surface area contributed by atoms with Crippen LogP contribution in [0.2, 0.25) is 0 Å². The number of likely N-dealkylation sites (tertiary alicyclic amines) is 1. The van der Waals surface area contributed by atoms with E-state index in [1.54, 1.807) is 7.11 Å². The Kier molecular flexibility index (Phi) is 5.83. The van der Waals surface area contributed by atoms with E-state index in [9.17, 15) is 5.11 Å². The third-order valence-electron chi connectivity index (χ3n) is 3.88. The molecule has 2 atom stereocenters. The van der Waals surface area contributed by atoms with E-state index in [1.807, 2.05) is 19.1 Å². The highest BCUT2D eigenvalue weighted by molar-refractivity contribution is 5.27. The Labute approximate surface area is 121 Å². The third-order valence-corrected chi connectivity index (χ3v) is 3.88. The summed E-state index contributed by atoms with van der Waals surface area (Å²) < 4.78 is 10.5. The van der Waals surface area contributed by atoms with Crippen molar-refractivity contribution in [1.29, 1.82) is 0 Å². The van der Waals surface area contributed by atoms with Crippen LogP contribution in [-0.2, 0) is 11.3 Å². The first kappa shape index (κ1) is 15.3. The van der Waals surface area contributed by atoms with Crippen molar-refractivity contribution in [3.63, 3.8) is 0 Å². The monoisotopic (exact) mass is 279 g/mol. The minimum Gasteiger partial charge on any atom is -0.491 e. The van der Waals surface area contributed by atoms with Gasteiger partial charge < -0.3 is 14.6 Å². The van der Waals surface area contributed by atoms with Crippen molar-refractivity contribution in [2.75, 3.05) is 33.4 Å². The van der Waals surface area contributed by atoms with Gasteiger partial charge >= 0.3 is 0 Å². The van der Waals surface area contributed by atoms with Gasteiger partial charge in [0.1, 0.15) is 12.4 Å². The first-order valence-corrected chi connectivity index (χ1v) is 7.30. The number of methoxy groups -OCH3 is 1. The Morgan fingerprint density at radius 3 is 2.65 bits per heavy atom. The molecule has 20 heavy (non-hydrogen) atoms. The first-order chi connectivity index (χ1) is 9.69. The number of aliphatic hydroxyl groups is 1. The van der Waals surface area contributed by atoms with Gasteiger partial charge in [0.2, 0.25) is 0 Å². The summed E-state index contributed by atoms with van der Waals surface area (Å²) in [4.78, 5) is 2.40. The van der Waals surface area contributed by atoms with E-state index < -0.39 is 0 Å². The molecule has 112 valence electrons. The number of ether oxygens (including phenoxy) is 2. The summed E-state index contributed by atoms with van der Waals surface area (Å²) >= 11 is 0. The fraction of sp³-hybridized carbons (Fsp3) is 0.625. The Bertz CT molecular complexity index is 391. The van der Waals surface area contributed by atoms with Gasteiger partial charge in [0.25, 0.3) is 0 Å². The zero-order valence-electron chi connectivity index (χ0n) is 12.4. The maximum absolute atomic E-state index is 9.62. The minimum absolute atomic E-state index is 0.198. The fourth-order valence-electron chi connectivity index (χ4n) is 2.59. The van der Waals surface area contributed by atoms with Gasteiger partial charge in [-0.2, -0.15) is 0 Å². The molecule has 1 aliphatic rings. The van der Waals surface area contributed by atoms with Gasteiger partial charge in [0.15, 0.2) is 0 Å². The molecule has 2 rings (SSSR count). The average Bonchev–Trinajstić information content (AvgIpc) is 2.90. The fourth-order valence-corrected chi connectivity index (χ4v) is 2.59. The van der Waals surface area contributed by atoms with Gasteiger partial charge in [-0.25, -0.2) is 0 Å². The summed E-state index contributed by atoms with van der Waals surface area (Å²) in [7, 11) is 1.67. The van der Waals surface area contributed by atoms with E-state index in [2.05, 4.69) is 17.0 Å². The van der Waals surface area contributed by atoms with Crippen LogP contribution in [0.5, 0.6) is 5.75 Å². The van der Waals surface area contributed by atoms with Crippen LogP contribution in [0, 0.1) is 5.92 Å². The van der Waals surface area contributed by atoms with Gasteiger partial charge in [-0.05, 0) is 43.5 Å². The van der Waals surface area contributed by atoms with Crippen LogP contribution in [0.3, 0.4) is 0 Å². The lowest BCUT2D eigenvalue weighted by Crippen LogP contribution is -2.23. The second-order valence-electron chi connectivity index (χ2n) is 5.51. The molecule has 1 heterocycles. The molecule has 0 aromatic heterocycles. The normalized spacial score (nSPS) is 21.1. The molecule has 1 aromatic rings. The molecule has 1 aromatic carbocycles. The van der Waals surface area contributed by atoms with Crippen LogP contribution in [0.1, 0.15) is 18.9 Å². The highest BCUT2D eigenvalue weighted by Crippen LogP contribution is 2.22. The highest BCUT2D eigenvalue weighted by atomic mass is 16.5. The minimum atomic E-state index is -0.198. The second kappa shape index (κ2) is 7.62. The maximum Gasteiger partial charge on any atom is 0.119 e. The van der Waals surface area contributed by atoms with Crippen LogP contribution >= 0.6 is 0 Å². The Balaban J connectivity index is 1.79.